The largest absolute Gasteiger partial charge is 0.464 e. The quantitative estimate of drug-likeness (QED) is 0.430. The third-order valence-corrected chi connectivity index (χ3v) is 5.08. The zero-order valence-electron chi connectivity index (χ0n) is 14.6. The first-order valence-corrected chi connectivity index (χ1v) is 8.74. The second-order valence-electron chi connectivity index (χ2n) is 6.71. The van der Waals surface area contributed by atoms with Gasteiger partial charge in [-0.2, -0.15) is 0 Å². The summed E-state index contributed by atoms with van der Waals surface area (Å²) < 4.78 is 5.59. The molecule has 28 heavy (non-hydrogen) atoms. The van der Waals surface area contributed by atoms with Crippen LogP contribution in [0.2, 0.25) is 0 Å². The number of nitrogen functional groups attached to an aromatic ring is 1. The number of amides is 3. The Morgan fingerprint density at radius 2 is 1.79 bits per heavy atom. The number of anilines is 1. The van der Waals surface area contributed by atoms with Crippen LogP contribution in [0.4, 0.5) is 5.69 Å². The number of rotatable bonds is 2. The van der Waals surface area contributed by atoms with Crippen molar-refractivity contribution in [2.24, 2.45) is 0 Å². The Labute approximate surface area is 159 Å². The molecule has 0 saturated heterocycles. The van der Waals surface area contributed by atoms with E-state index in [0.717, 1.165) is 16.2 Å². The van der Waals surface area contributed by atoms with Crippen molar-refractivity contribution in [3.05, 3.63) is 77.6 Å². The van der Waals surface area contributed by atoms with Gasteiger partial charge in [0.1, 0.15) is 5.58 Å². The fourth-order valence-electron chi connectivity index (χ4n) is 3.78. The van der Waals surface area contributed by atoms with E-state index >= 15 is 0 Å². The van der Waals surface area contributed by atoms with Crippen LogP contribution >= 0.6 is 0 Å². The minimum Gasteiger partial charge on any atom is -0.464 e. The minimum atomic E-state index is -0.680. The second-order valence-corrected chi connectivity index (χ2v) is 6.71. The van der Waals surface area contributed by atoms with Gasteiger partial charge in [-0.15, -0.1) is 0 Å². The summed E-state index contributed by atoms with van der Waals surface area (Å²) in [5.74, 6) is -1.93. The fourth-order valence-corrected chi connectivity index (χ4v) is 3.78. The zero-order valence-corrected chi connectivity index (χ0v) is 14.6. The Morgan fingerprint density at radius 3 is 2.61 bits per heavy atom. The molecule has 6 heteroatoms. The van der Waals surface area contributed by atoms with Crippen molar-refractivity contribution in [1.82, 2.24) is 4.90 Å². The molecular formula is C22H14N2O4. The lowest BCUT2D eigenvalue weighted by Crippen LogP contribution is -2.37. The average Bonchev–Trinajstić information content (AvgIpc) is 3.21. The number of nitrogens with two attached hydrogens (primary N) is 1. The Morgan fingerprint density at radius 1 is 0.964 bits per heavy atom. The van der Waals surface area contributed by atoms with Crippen molar-refractivity contribution >= 4 is 45.2 Å². The molecule has 0 spiro atoms. The van der Waals surface area contributed by atoms with E-state index in [0.29, 0.717) is 16.0 Å². The number of benzene rings is 3. The molecular weight excluding hydrogens is 356 g/mol. The maximum Gasteiger partial charge on any atom is 0.270 e. The highest BCUT2D eigenvalue weighted by molar-refractivity contribution is 6.30. The van der Waals surface area contributed by atoms with Crippen molar-refractivity contribution in [3.63, 3.8) is 0 Å². The summed E-state index contributed by atoms with van der Waals surface area (Å²) in [6, 6.07) is 16.2. The topological polar surface area (TPSA) is 93.6 Å². The van der Waals surface area contributed by atoms with Crippen LogP contribution in [0.1, 0.15) is 26.3 Å². The van der Waals surface area contributed by atoms with Crippen molar-refractivity contribution < 1.29 is 18.8 Å². The van der Waals surface area contributed by atoms with Crippen molar-refractivity contribution in [2.45, 2.75) is 6.42 Å². The highest BCUT2D eigenvalue weighted by Crippen LogP contribution is 2.32. The molecule has 4 aromatic rings. The Bertz CT molecular complexity index is 1320. The van der Waals surface area contributed by atoms with E-state index < -0.39 is 17.7 Å². The smallest absolute Gasteiger partial charge is 0.270 e. The summed E-state index contributed by atoms with van der Waals surface area (Å²) in [4.78, 5) is 38.8. The number of nitrogens with zero attached hydrogens (tertiary/aromatic N) is 1. The van der Waals surface area contributed by atoms with E-state index in [1.54, 1.807) is 6.07 Å². The zero-order chi connectivity index (χ0) is 19.4. The maximum absolute atomic E-state index is 12.9. The molecule has 6 nitrogen and oxygen atoms in total. The lowest BCUT2D eigenvalue weighted by Gasteiger charge is -2.11. The summed E-state index contributed by atoms with van der Waals surface area (Å²) in [5.41, 5.74) is 7.53. The molecule has 0 bridgehead atoms. The third-order valence-electron chi connectivity index (χ3n) is 5.08. The van der Waals surface area contributed by atoms with Crippen molar-refractivity contribution in [1.29, 1.82) is 0 Å². The Hall–Kier alpha value is -3.93. The van der Waals surface area contributed by atoms with Gasteiger partial charge in [0.25, 0.3) is 11.8 Å². The molecule has 136 valence electrons. The number of carbonyl (C=O) groups is 3. The predicted molar refractivity (Wildman–Crippen MR) is 104 cm³/mol. The fraction of sp³-hybridized carbons (Fsp3) is 0.0455. The molecule has 1 aliphatic rings. The summed E-state index contributed by atoms with van der Waals surface area (Å²) >= 11 is 0. The van der Waals surface area contributed by atoms with Crippen LogP contribution < -0.4 is 5.73 Å². The van der Waals surface area contributed by atoms with E-state index in [9.17, 15) is 14.4 Å². The SMILES string of the molecule is Nc1cccc2c1C(=O)N(C(=O)Cc1coc3ccc4ccccc4c13)C2=O. The number of fused-ring (bicyclic) bond motifs is 4. The molecule has 1 aliphatic heterocycles. The van der Waals surface area contributed by atoms with E-state index in [2.05, 4.69) is 0 Å². The molecule has 0 atom stereocenters. The van der Waals surface area contributed by atoms with Gasteiger partial charge in [-0.1, -0.05) is 36.4 Å². The van der Waals surface area contributed by atoms with Gasteiger partial charge < -0.3 is 10.2 Å². The highest BCUT2D eigenvalue weighted by Gasteiger charge is 2.41. The average molecular weight is 370 g/mol. The first-order chi connectivity index (χ1) is 13.6. The number of imide groups is 3. The van der Waals surface area contributed by atoms with E-state index in [-0.39, 0.29) is 23.2 Å². The predicted octanol–water partition coefficient (Wildman–Crippen LogP) is 3.53. The van der Waals surface area contributed by atoms with E-state index in [1.807, 2.05) is 36.4 Å². The lowest BCUT2D eigenvalue weighted by molar-refractivity contribution is -0.125. The van der Waals surface area contributed by atoms with Gasteiger partial charge in [-0.3, -0.25) is 14.4 Å². The Kier molecular flexibility index (Phi) is 3.36. The van der Waals surface area contributed by atoms with Gasteiger partial charge in [0.05, 0.1) is 23.8 Å². The van der Waals surface area contributed by atoms with E-state index in [4.69, 9.17) is 10.2 Å². The lowest BCUT2D eigenvalue weighted by atomic mass is 10.0. The van der Waals surface area contributed by atoms with Crippen LogP contribution in [0.5, 0.6) is 0 Å². The molecule has 1 aromatic heterocycles. The molecule has 3 aromatic carbocycles. The normalized spacial score (nSPS) is 13.5. The summed E-state index contributed by atoms with van der Waals surface area (Å²) in [7, 11) is 0. The number of furan rings is 1. The maximum atomic E-state index is 12.9. The van der Waals surface area contributed by atoms with Gasteiger partial charge in [0.15, 0.2) is 0 Å². The number of hydrogen-bond acceptors (Lipinski definition) is 5. The van der Waals surface area contributed by atoms with Gasteiger partial charge >= 0.3 is 0 Å². The molecule has 0 saturated carbocycles. The second kappa shape index (κ2) is 5.79. The molecule has 3 amide bonds. The molecule has 0 unspecified atom stereocenters. The molecule has 0 fully saturated rings. The molecule has 5 rings (SSSR count). The molecule has 0 radical (unpaired) electrons. The van der Waals surface area contributed by atoms with Crippen molar-refractivity contribution in [2.75, 3.05) is 5.73 Å². The van der Waals surface area contributed by atoms with Crippen molar-refractivity contribution in [3.8, 4) is 0 Å². The Balaban J connectivity index is 1.55. The van der Waals surface area contributed by atoms with Gasteiger partial charge in [-0.05, 0) is 29.0 Å². The molecule has 2 heterocycles. The van der Waals surface area contributed by atoms with Crippen LogP contribution in [0.15, 0.2) is 65.3 Å². The standard InChI is InChI=1S/C22H14N2O4/c23-16-7-3-6-15-20(16)22(27)24(21(15)26)18(25)10-13-11-28-17-9-8-12-4-1-2-5-14(12)19(13)17/h1-9,11H,10,23H2. The first kappa shape index (κ1) is 16.3. The van der Waals surface area contributed by atoms with Gasteiger partial charge in [-0.25, -0.2) is 4.90 Å². The van der Waals surface area contributed by atoms with Crippen LogP contribution in [-0.4, -0.2) is 22.6 Å². The number of carbonyl (C=O) groups excluding carboxylic acids is 3. The van der Waals surface area contributed by atoms with Crippen LogP contribution in [-0.2, 0) is 11.2 Å². The van der Waals surface area contributed by atoms with E-state index in [1.165, 1.54) is 18.4 Å². The number of hydrogen-bond donors (Lipinski definition) is 1. The van der Waals surface area contributed by atoms with Gasteiger partial charge in [0.2, 0.25) is 5.91 Å². The summed E-state index contributed by atoms with van der Waals surface area (Å²) in [6.07, 6.45) is 1.37. The van der Waals surface area contributed by atoms with Crippen LogP contribution in [0, 0.1) is 0 Å². The van der Waals surface area contributed by atoms with Crippen LogP contribution in [0.3, 0.4) is 0 Å². The molecule has 2 N–H and O–H groups in total. The minimum absolute atomic E-state index is 0.0864. The first-order valence-electron chi connectivity index (χ1n) is 8.74. The third kappa shape index (κ3) is 2.18. The molecule has 0 aliphatic carbocycles. The summed E-state index contributed by atoms with van der Waals surface area (Å²) in [5, 5.41) is 2.77. The van der Waals surface area contributed by atoms with Crippen LogP contribution in [0.25, 0.3) is 21.7 Å². The monoisotopic (exact) mass is 370 g/mol. The van der Waals surface area contributed by atoms with Gasteiger partial charge in [0, 0.05) is 16.6 Å². The summed E-state index contributed by atoms with van der Waals surface area (Å²) in [6.45, 7) is 0. The highest BCUT2D eigenvalue weighted by atomic mass is 16.3.